The van der Waals surface area contributed by atoms with E-state index < -0.39 is 29.2 Å². The second kappa shape index (κ2) is 5.87. The third kappa shape index (κ3) is 3.24. The van der Waals surface area contributed by atoms with E-state index in [-0.39, 0.29) is 6.54 Å². The number of anilines is 1. The summed E-state index contributed by atoms with van der Waals surface area (Å²) >= 11 is 4.75. The van der Waals surface area contributed by atoms with E-state index in [0.29, 0.717) is 6.42 Å². The monoisotopic (exact) mass is 354 g/mol. The minimum Gasteiger partial charge on any atom is -0.380 e. The molecular weight excluding hydrogens is 348 g/mol. The van der Waals surface area contributed by atoms with E-state index >= 15 is 0 Å². The normalized spacial score (nSPS) is 10.8. The Morgan fingerprint density at radius 3 is 2.26 bits per heavy atom. The van der Waals surface area contributed by atoms with Gasteiger partial charge in [-0.1, -0.05) is 0 Å². The molecule has 0 unspecified atom stereocenters. The number of thiophene rings is 1. The predicted molar refractivity (Wildman–Crippen MR) is 68.3 cm³/mol. The predicted octanol–water partition coefficient (Wildman–Crippen LogP) is 4.12. The summed E-state index contributed by atoms with van der Waals surface area (Å²) in [6, 6.07) is 3.68. The lowest BCUT2D eigenvalue weighted by molar-refractivity contribution is 0.410. The quantitative estimate of drug-likeness (QED) is 0.659. The SMILES string of the molecule is Fc1nc(F)c(F)c(NCCc2ccc(Br)s2)c1F. The van der Waals surface area contributed by atoms with Gasteiger partial charge in [-0.25, -0.2) is 0 Å². The third-order valence-corrected chi connectivity index (χ3v) is 3.98. The highest BCUT2D eigenvalue weighted by atomic mass is 79.9. The standard InChI is InChI=1S/C11H7BrF4N2S/c12-6-2-1-5(19-6)3-4-17-9-7(13)10(15)18-11(16)8(9)14/h1-2H,3-4H2,(H,17,18). The average Bonchev–Trinajstić information content (AvgIpc) is 2.77. The lowest BCUT2D eigenvalue weighted by atomic mass is 10.3. The van der Waals surface area contributed by atoms with E-state index in [1.165, 1.54) is 11.3 Å². The molecular formula is C11H7BrF4N2S. The van der Waals surface area contributed by atoms with Gasteiger partial charge in [0.1, 0.15) is 5.69 Å². The first-order chi connectivity index (χ1) is 8.99. The van der Waals surface area contributed by atoms with Crippen LogP contribution in [0.1, 0.15) is 4.88 Å². The molecule has 102 valence electrons. The number of hydrogen-bond donors (Lipinski definition) is 1. The van der Waals surface area contributed by atoms with E-state index in [2.05, 4.69) is 26.2 Å². The van der Waals surface area contributed by atoms with Crippen molar-refractivity contribution in [2.24, 2.45) is 0 Å². The lowest BCUT2D eigenvalue weighted by Gasteiger charge is -2.08. The minimum absolute atomic E-state index is 0.143. The Kier molecular flexibility index (Phi) is 4.41. The summed E-state index contributed by atoms with van der Waals surface area (Å²) in [5.74, 6) is -6.38. The molecule has 0 saturated carbocycles. The molecule has 0 aliphatic heterocycles. The second-order valence-electron chi connectivity index (χ2n) is 3.58. The first-order valence-corrected chi connectivity index (χ1v) is 6.78. The molecule has 2 aromatic heterocycles. The molecule has 0 fully saturated rings. The van der Waals surface area contributed by atoms with Gasteiger partial charge >= 0.3 is 0 Å². The van der Waals surface area contributed by atoms with E-state index in [1.807, 2.05) is 12.1 Å². The summed E-state index contributed by atoms with van der Waals surface area (Å²) in [5.41, 5.74) is -0.833. The summed E-state index contributed by atoms with van der Waals surface area (Å²) in [7, 11) is 0. The van der Waals surface area contributed by atoms with Crippen molar-refractivity contribution in [1.29, 1.82) is 0 Å². The van der Waals surface area contributed by atoms with Gasteiger partial charge in [0, 0.05) is 11.4 Å². The van der Waals surface area contributed by atoms with Gasteiger partial charge in [0.25, 0.3) is 11.9 Å². The van der Waals surface area contributed by atoms with Crippen LogP contribution in [0.5, 0.6) is 0 Å². The molecule has 0 spiro atoms. The Morgan fingerprint density at radius 2 is 1.74 bits per heavy atom. The maximum Gasteiger partial charge on any atom is 0.253 e. The maximum atomic E-state index is 13.3. The minimum atomic E-state index is -1.67. The van der Waals surface area contributed by atoms with Crippen molar-refractivity contribution < 1.29 is 17.6 Å². The number of hydrogen-bond acceptors (Lipinski definition) is 3. The van der Waals surface area contributed by atoms with Crippen LogP contribution >= 0.6 is 27.3 Å². The zero-order valence-electron chi connectivity index (χ0n) is 9.31. The Hall–Kier alpha value is -1.15. The average molecular weight is 355 g/mol. The van der Waals surface area contributed by atoms with Crippen molar-refractivity contribution in [2.45, 2.75) is 6.42 Å². The molecule has 0 atom stereocenters. The van der Waals surface area contributed by atoms with Crippen molar-refractivity contribution in [3.63, 3.8) is 0 Å². The first-order valence-electron chi connectivity index (χ1n) is 5.17. The van der Waals surface area contributed by atoms with Crippen LogP contribution in [0.3, 0.4) is 0 Å². The number of rotatable bonds is 4. The number of nitrogens with zero attached hydrogens (tertiary/aromatic N) is 1. The number of aromatic nitrogens is 1. The van der Waals surface area contributed by atoms with Crippen LogP contribution in [-0.2, 0) is 6.42 Å². The van der Waals surface area contributed by atoms with Crippen molar-refractivity contribution in [3.05, 3.63) is 44.3 Å². The van der Waals surface area contributed by atoms with Crippen LogP contribution in [-0.4, -0.2) is 11.5 Å². The van der Waals surface area contributed by atoms with E-state index in [4.69, 9.17) is 0 Å². The highest BCUT2D eigenvalue weighted by Crippen LogP contribution is 2.24. The Labute approximate surface area is 118 Å². The van der Waals surface area contributed by atoms with Crippen LogP contribution < -0.4 is 5.32 Å². The molecule has 0 bridgehead atoms. The summed E-state index contributed by atoms with van der Waals surface area (Å²) in [6.07, 6.45) is 0.473. The fourth-order valence-electron chi connectivity index (χ4n) is 1.44. The van der Waals surface area contributed by atoms with Gasteiger partial charge in [0.05, 0.1) is 3.79 Å². The Morgan fingerprint density at radius 1 is 1.11 bits per heavy atom. The molecule has 0 aromatic carbocycles. The van der Waals surface area contributed by atoms with Crippen LogP contribution in [0.2, 0.25) is 0 Å². The summed E-state index contributed by atoms with van der Waals surface area (Å²) in [4.78, 5) is 3.44. The van der Waals surface area contributed by atoms with Crippen molar-refractivity contribution in [1.82, 2.24) is 4.98 Å². The topological polar surface area (TPSA) is 24.9 Å². The van der Waals surface area contributed by atoms with Crippen LogP contribution in [0, 0.1) is 23.5 Å². The molecule has 0 saturated heterocycles. The van der Waals surface area contributed by atoms with Crippen molar-refractivity contribution in [2.75, 3.05) is 11.9 Å². The summed E-state index contributed by atoms with van der Waals surface area (Å²) < 4.78 is 53.1. The molecule has 0 aliphatic carbocycles. The molecule has 0 amide bonds. The maximum absolute atomic E-state index is 13.3. The summed E-state index contributed by atoms with van der Waals surface area (Å²) in [6.45, 7) is 0.143. The molecule has 19 heavy (non-hydrogen) atoms. The number of nitrogens with one attached hydrogen (secondary N) is 1. The lowest BCUT2D eigenvalue weighted by Crippen LogP contribution is -2.11. The van der Waals surface area contributed by atoms with Crippen LogP contribution in [0.25, 0.3) is 0 Å². The molecule has 2 nitrogen and oxygen atoms in total. The molecule has 2 rings (SSSR count). The largest absolute Gasteiger partial charge is 0.380 e. The zero-order chi connectivity index (χ0) is 14.0. The number of halogens is 5. The molecule has 0 radical (unpaired) electrons. The molecule has 2 heterocycles. The van der Waals surface area contributed by atoms with Crippen molar-refractivity contribution in [3.8, 4) is 0 Å². The molecule has 0 aliphatic rings. The molecule has 1 N–H and O–H groups in total. The van der Waals surface area contributed by atoms with Crippen molar-refractivity contribution >= 4 is 33.0 Å². The van der Waals surface area contributed by atoms with Gasteiger partial charge in [-0.3, -0.25) is 0 Å². The molecule has 8 heteroatoms. The van der Waals surface area contributed by atoms with Gasteiger partial charge in [-0.05, 0) is 34.5 Å². The highest BCUT2D eigenvalue weighted by molar-refractivity contribution is 9.11. The third-order valence-electron chi connectivity index (χ3n) is 2.30. The Balaban J connectivity index is 2.07. The zero-order valence-corrected chi connectivity index (χ0v) is 11.7. The van der Waals surface area contributed by atoms with E-state index in [0.717, 1.165) is 8.66 Å². The summed E-state index contributed by atoms with van der Waals surface area (Å²) in [5, 5.41) is 2.34. The highest BCUT2D eigenvalue weighted by Gasteiger charge is 2.20. The van der Waals surface area contributed by atoms with E-state index in [9.17, 15) is 17.6 Å². The fourth-order valence-corrected chi connectivity index (χ4v) is 2.92. The number of pyridine rings is 1. The smallest absolute Gasteiger partial charge is 0.253 e. The van der Waals surface area contributed by atoms with Crippen LogP contribution in [0.15, 0.2) is 15.9 Å². The van der Waals surface area contributed by atoms with E-state index in [1.54, 1.807) is 0 Å². The fraction of sp³-hybridized carbons (Fsp3) is 0.182. The van der Waals surface area contributed by atoms with Gasteiger partial charge in [-0.2, -0.15) is 22.5 Å². The van der Waals surface area contributed by atoms with Gasteiger partial charge < -0.3 is 5.32 Å². The second-order valence-corrected chi connectivity index (χ2v) is 6.13. The van der Waals surface area contributed by atoms with Gasteiger partial charge in [-0.15, -0.1) is 11.3 Å². The molecule has 2 aromatic rings. The Bertz CT molecular complexity index is 576. The van der Waals surface area contributed by atoms with Crippen LogP contribution in [0.4, 0.5) is 23.2 Å². The first kappa shape index (κ1) is 14.3. The van der Waals surface area contributed by atoms with Gasteiger partial charge in [0.2, 0.25) is 11.6 Å². The van der Waals surface area contributed by atoms with Gasteiger partial charge in [0.15, 0.2) is 0 Å².